The van der Waals surface area contributed by atoms with E-state index < -0.39 is 17.4 Å². The fraction of sp³-hybridized carbons (Fsp3) is 0.391. The van der Waals surface area contributed by atoms with Crippen LogP contribution in [-0.4, -0.2) is 41.7 Å². The molecule has 0 spiro atoms. The van der Waals surface area contributed by atoms with E-state index in [1.165, 1.54) is 18.2 Å². The van der Waals surface area contributed by atoms with Crippen LogP contribution in [0.4, 0.5) is 4.39 Å². The number of hydrogen-bond acceptors (Lipinski definition) is 5. The van der Waals surface area contributed by atoms with E-state index in [-0.39, 0.29) is 30.4 Å². The van der Waals surface area contributed by atoms with E-state index in [0.29, 0.717) is 37.4 Å². The highest BCUT2D eigenvalue weighted by Gasteiger charge is 2.42. The average molecular weight is 428 g/mol. The first-order valence-corrected chi connectivity index (χ1v) is 10.3. The number of rotatable bonds is 3. The van der Waals surface area contributed by atoms with Crippen molar-refractivity contribution in [3.63, 3.8) is 0 Å². The summed E-state index contributed by atoms with van der Waals surface area (Å²) in [7, 11) is 0. The molecule has 164 valence electrons. The number of nitrogens with zero attached hydrogens (tertiary/aromatic N) is 1. The van der Waals surface area contributed by atoms with Crippen molar-refractivity contribution < 1.29 is 28.7 Å². The van der Waals surface area contributed by atoms with Crippen molar-refractivity contribution >= 4 is 11.8 Å². The largest absolute Gasteiger partial charge is 0.491 e. The van der Waals surface area contributed by atoms with Crippen LogP contribution in [-0.2, 0) is 16.1 Å². The highest BCUT2D eigenvalue weighted by molar-refractivity contribution is 5.94. The Morgan fingerprint density at radius 2 is 1.97 bits per heavy atom. The zero-order chi connectivity index (χ0) is 22.0. The third kappa shape index (κ3) is 4.26. The number of hydrogen-bond donors (Lipinski definition) is 2. The summed E-state index contributed by atoms with van der Waals surface area (Å²) in [6.07, 6.45) is 1.23. The summed E-state index contributed by atoms with van der Waals surface area (Å²) in [5, 5.41) is 8.91. The number of carbonyl (C=O) groups is 2. The monoisotopic (exact) mass is 428 g/mol. The molecule has 0 radical (unpaired) electrons. The molecule has 0 aromatic heterocycles. The molecular formula is C23H25FN2O5. The standard InChI is InChI=1S/C23H25FN2O5/c1-23(7-9-30-10-8-23)22(28)26-13-17-6-5-16(21(27)25-29)12-20(17)31-14-19(26)15-3-2-4-18(24)11-15/h2-6,11-12,19,29H,7-10,13-14H2,1H3,(H,25,27)/t19-/m0/s1. The Hall–Kier alpha value is -2.97. The normalized spacial score (nSPS) is 20.2. The van der Waals surface area contributed by atoms with E-state index in [9.17, 15) is 14.0 Å². The van der Waals surface area contributed by atoms with Crippen molar-refractivity contribution in [2.75, 3.05) is 19.8 Å². The number of benzene rings is 2. The summed E-state index contributed by atoms with van der Waals surface area (Å²) >= 11 is 0. The molecule has 1 atom stereocenters. The van der Waals surface area contributed by atoms with E-state index in [1.54, 1.807) is 34.6 Å². The number of nitrogens with one attached hydrogen (secondary N) is 1. The molecule has 8 heteroatoms. The van der Waals surface area contributed by atoms with E-state index in [2.05, 4.69) is 0 Å². The topological polar surface area (TPSA) is 88.1 Å². The fourth-order valence-electron chi connectivity index (χ4n) is 4.16. The minimum Gasteiger partial charge on any atom is -0.491 e. The van der Waals surface area contributed by atoms with Gasteiger partial charge in [0.25, 0.3) is 5.91 Å². The first-order chi connectivity index (χ1) is 14.9. The second-order valence-electron chi connectivity index (χ2n) is 8.25. The quantitative estimate of drug-likeness (QED) is 0.579. The third-order valence-corrected chi connectivity index (χ3v) is 6.15. The Balaban J connectivity index is 1.73. The molecular weight excluding hydrogens is 403 g/mol. The lowest BCUT2D eigenvalue weighted by Crippen LogP contribution is -2.47. The van der Waals surface area contributed by atoms with E-state index in [4.69, 9.17) is 14.7 Å². The number of hydroxylamine groups is 1. The van der Waals surface area contributed by atoms with E-state index >= 15 is 0 Å². The minimum atomic E-state index is -0.653. The van der Waals surface area contributed by atoms with Gasteiger partial charge in [-0.15, -0.1) is 0 Å². The number of carbonyl (C=O) groups excluding carboxylic acids is 2. The van der Waals surface area contributed by atoms with Gasteiger partial charge in [-0.05, 0) is 42.7 Å². The number of ether oxygens (including phenoxy) is 2. The summed E-state index contributed by atoms with van der Waals surface area (Å²) in [6, 6.07) is 10.5. The summed E-state index contributed by atoms with van der Waals surface area (Å²) in [5.74, 6) is -0.612. The number of amides is 2. The Kier molecular flexibility index (Phi) is 5.93. The van der Waals surface area contributed by atoms with Crippen LogP contribution in [0.2, 0.25) is 0 Å². The van der Waals surface area contributed by atoms with Gasteiger partial charge in [0.15, 0.2) is 0 Å². The molecule has 4 rings (SSSR count). The molecule has 2 aliphatic rings. The van der Waals surface area contributed by atoms with Gasteiger partial charge in [0.1, 0.15) is 18.2 Å². The zero-order valence-electron chi connectivity index (χ0n) is 17.3. The first kappa shape index (κ1) is 21.3. The van der Waals surface area contributed by atoms with Crippen molar-refractivity contribution in [3.05, 3.63) is 65.0 Å². The maximum atomic E-state index is 14.0. The molecule has 7 nitrogen and oxygen atoms in total. The molecule has 1 fully saturated rings. The SMILES string of the molecule is CC1(C(=O)N2Cc3ccc(C(=O)NO)cc3OC[C@H]2c2cccc(F)c2)CCOCC1. The summed E-state index contributed by atoms with van der Waals surface area (Å²) < 4.78 is 25.4. The molecule has 31 heavy (non-hydrogen) atoms. The van der Waals surface area contributed by atoms with Gasteiger partial charge >= 0.3 is 0 Å². The van der Waals surface area contributed by atoms with Gasteiger partial charge in [-0.3, -0.25) is 14.8 Å². The van der Waals surface area contributed by atoms with Crippen LogP contribution in [0.5, 0.6) is 5.75 Å². The lowest BCUT2D eigenvalue weighted by Gasteiger charge is -2.39. The van der Waals surface area contributed by atoms with Gasteiger partial charge < -0.3 is 14.4 Å². The van der Waals surface area contributed by atoms with Crippen LogP contribution >= 0.6 is 0 Å². The van der Waals surface area contributed by atoms with Crippen LogP contribution in [0.15, 0.2) is 42.5 Å². The van der Waals surface area contributed by atoms with Gasteiger partial charge in [0, 0.05) is 24.3 Å². The molecule has 1 saturated heterocycles. The van der Waals surface area contributed by atoms with Gasteiger partial charge in [-0.1, -0.05) is 25.1 Å². The van der Waals surface area contributed by atoms with Gasteiger partial charge in [-0.25, -0.2) is 9.87 Å². The summed E-state index contributed by atoms with van der Waals surface area (Å²) in [4.78, 5) is 27.3. The highest BCUT2D eigenvalue weighted by atomic mass is 19.1. The Morgan fingerprint density at radius 3 is 2.68 bits per heavy atom. The lowest BCUT2D eigenvalue weighted by molar-refractivity contribution is -0.150. The summed E-state index contributed by atoms with van der Waals surface area (Å²) in [6.45, 7) is 3.36. The fourth-order valence-corrected chi connectivity index (χ4v) is 4.16. The molecule has 2 heterocycles. The molecule has 0 unspecified atom stereocenters. The van der Waals surface area contributed by atoms with Crippen LogP contribution < -0.4 is 10.2 Å². The maximum absolute atomic E-state index is 14.0. The molecule has 2 aromatic carbocycles. The highest BCUT2D eigenvalue weighted by Crippen LogP contribution is 2.39. The molecule has 2 aromatic rings. The Morgan fingerprint density at radius 1 is 1.19 bits per heavy atom. The molecule has 0 aliphatic carbocycles. The van der Waals surface area contributed by atoms with Crippen molar-refractivity contribution in [2.24, 2.45) is 5.41 Å². The predicted molar refractivity (Wildman–Crippen MR) is 109 cm³/mol. The molecule has 0 saturated carbocycles. The van der Waals surface area contributed by atoms with Crippen LogP contribution in [0, 0.1) is 11.2 Å². The van der Waals surface area contributed by atoms with Gasteiger partial charge in [0.05, 0.1) is 18.0 Å². The van der Waals surface area contributed by atoms with Crippen LogP contribution in [0.1, 0.15) is 47.3 Å². The van der Waals surface area contributed by atoms with Crippen molar-refractivity contribution in [1.82, 2.24) is 10.4 Å². The molecule has 2 N–H and O–H groups in total. The average Bonchev–Trinajstić information content (AvgIpc) is 2.97. The first-order valence-electron chi connectivity index (χ1n) is 10.3. The second-order valence-corrected chi connectivity index (χ2v) is 8.25. The molecule has 2 aliphatic heterocycles. The van der Waals surface area contributed by atoms with E-state index in [1.807, 2.05) is 6.92 Å². The van der Waals surface area contributed by atoms with Gasteiger partial charge in [0.2, 0.25) is 5.91 Å². The van der Waals surface area contributed by atoms with Crippen molar-refractivity contribution in [2.45, 2.75) is 32.4 Å². The second kappa shape index (κ2) is 8.64. The Bertz CT molecular complexity index is 990. The smallest absolute Gasteiger partial charge is 0.274 e. The lowest BCUT2D eigenvalue weighted by atomic mass is 9.80. The zero-order valence-corrected chi connectivity index (χ0v) is 17.3. The maximum Gasteiger partial charge on any atom is 0.274 e. The third-order valence-electron chi connectivity index (χ3n) is 6.15. The van der Waals surface area contributed by atoms with Gasteiger partial charge in [-0.2, -0.15) is 0 Å². The molecule has 2 amide bonds. The summed E-state index contributed by atoms with van der Waals surface area (Å²) in [5.41, 5.74) is 2.64. The molecule has 0 bridgehead atoms. The Labute approximate surface area is 179 Å². The van der Waals surface area contributed by atoms with Crippen LogP contribution in [0.25, 0.3) is 0 Å². The van der Waals surface area contributed by atoms with Crippen LogP contribution in [0.3, 0.4) is 0 Å². The predicted octanol–water partition coefficient (Wildman–Crippen LogP) is 3.22. The van der Waals surface area contributed by atoms with Crippen molar-refractivity contribution in [1.29, 1.82) is 0 Å². The number of fused-ring (bicyclic) bond motifs is 1. The van der Waals surface area contributed by atoms with Crippen molar-refractivity contribution in [3.8, 4) is 5.75 Å². The van der Waals surface area contributed by atoms with E-state index in [0.717, 1.165) is 5.56 Å². The number of halogens is 1. The minimum absolute atomic E-state index is 0.0290.